The number of ether oxygens (including phenoxy) is 1. The van der Waals surface area contributed by atoms with E-state index in [9.17, 15) is 13.2 Å². The largest absolute Gasteiger partial charge is 0.480 e. The first-order valence-corrected chi connectivity index (χ1v) is 13.1. The summed E-state index contributed by atoms with van der Waals surface area (Å²) >= 11 is 6.17. The lowest BCUT2D eigenvalue weighted by molar-refractivity contribution is 0.126. The van der Waals surface area contributed by atoms with Gasteiger partial charge in [-0.2, -0.15) is 4.31 Å². The Labute approximate surface area is 204 Å². The molecule has 1 saturated carbocycles. The number of methoxy groups -OCH3 is 1. The minimum Gasteiger partial charge on any atom is -0.480 e. The Morgan fingerprint density at radius 2 is 1.74 bits per heavy atom. The van der Waals surface area contributed by atoms with E-state index in [1.807, 2.05) is 6.07 Å². The Hall–Kier alpha value is -2.62. The monoisotopic (exact) mass is 505 g/mol. The standard InChI is InChI=1S/C24H28ClN3O5S/c1-33-23-21(25)10-11-22(26-23)20(16-17-4-2-3-5-17)18-6-8-19(9-7-18)34(31,32)28-14-12-27(13-15-28)24(29)30/h6-11,16-17H,2-5,12-15H2,1H3,(H,29,30). The third kappa shape index (κ3) is 5.21. The maximum absolute atomic E-state index is 13.1. The van der Waals surface area contributed by atoms with E-state index in [0.29, 0.717) is 22.5 Å². The van der Waals surface area contributed by atoms with Crippen molar-refractivity contribution < 1.29 is 23.1 Å². The Morgan fingerprint density at radius 3 is 2.32 bits per heavy atom. The number of piperazine rings is 1. The fourth-order valence-electron chi connectivity index (χ4n) is 4.48. The molecule has 1 saturated heterocycles. The molecule has 8 nitrogen and oxygen atoms in total. The summed E-state index contributed by atoms with van der Waals surface area (Å²) in [5, 5.41) is 9.53. The molecule has 0 bridgehead atoms. The minimum atomic E-state index is -3.72. The first-order valence-electron chi connectivity index (χ1n) is 11.3. The number of rotatable bonds is 6. The molecule has 2 heterocycles. The van der Waals surface area contributed by atoms with Crippen LogP contribution in [0.25, 0.3) is 5.57 Å². The van der Waals surface area contributed by atoms with Gasteiger partial charge in [-0.3, -0.25) is 0 Å². The van der Waals surface area contributed by atoms with E-state index in [0.717, 1.165) is 24.0 Å². The minimum absolute atomic E-state index is 0.137. The number of carboxylic acid groups (broad SMARTS) is 1. The molecule has 2 fully saturated rings. The SMILES string of the molecule is COc1nc(C(=CC2CCCC2)c2ccc(S(=O)(=O)N3CCN(C(=O)O)CC3)cc2)ccc1Cl. The normalized spacial score (nSPS) is 18.3. The quantitative estimate of drug-likeness (QED) is 0.626. The van der Waals surface area contributed by atoms with Gasteiger partial charge in [0.15, 0.2) is 0 Å². The molecule has 10 heteroatoms. The summed E-state index contributed by atoms with van der Waals surface area (Å²) < 4.78 is 32.9. The van der Waals surface area contributed by atoms with Crippen LogP contribution in [-0.2, 0) is 10.0 Å². The highest BCUT2D eigenvalue weighted by Gasteiger charge is 2.30. The summed E-state index contributed by atoms with van der Waals surface area (Å²) in [5.41, 5.74) is 2.49. The number of benzene rings is 1. The smallest absolute Gasteiger partial charge is 0.407 e. The van der Waals surface area contributed by atoms with Gasteiger partial charge in [0.05, 0.1) is 17.7 Å². The molecule has 1 N–H and O–H groups in total. The Kier molecular flexibility index (Phi) is 7.45. The van der Waals surface area contributed by atoms with Crippen LogP contribution in [-0.4, -0.2) is 67.1 Å². The molecule has 1 aliphatic heterocycles. The zero-order valence-corrected chi connectivity index (χ0v) is 20.6. The van der Waals surface area contributed by atoms with Crippen molar-refractivity contribution in [2.75, 3.05) is 33.3 Å². The van der Waals surface area contributed by atoms with Crippen molar-refractivity contribution in [2.45, 2.75) is 30.6 Å². The lowest BCUT2D eigenvalue weighted by Gasteiger charge is -2.32. The number of carbonyl (C=O) groups is 1. The molecule has 0 radical (unpaired) electrons. The molecule has 1 aromatic heterocycles. The van der Waals surface area contributed by atoms with E-state index in [-0.39, 0.29) is 31.1 Å². The van der Waals surface area contributed by atoms with Gasteiger partial charge in [0.1, 0.15) is 5.02 Å². The van der Waals surface area contributed by atoms with E-state index in [4.69, 9.17) is 21.4 Å². The average molecular weight is 506 g/mol. The van der Waals surface area contributed by atoms with Crippen molar-refractivity contribution in [1.82, 2.24) is 14.2 Å². The molecule has 4 rings (SSSR count). The number of sulfonamides is 1. The molecule has 2 aromatic rings. The van der Waals surface area contributed by atoms with Gasteiger partial charge in [0.25, 0.3) is 0 Å². The summed E-state index contributed by atoms with van der Waals surface area (Å²) in [6.07, 6.45) is 5.80. The van der Waals surface area contributed by atoms with Gasteiger partial charge in [-0.05, 0) is 48.6 Å². The van der Waals surface area contributed by atoms with Crippen molar-refractivity contribution in [2.24, 2.45) is 5.92 Å². The maximum Gasteiger partial charge on any atom is 0.407 e. The second-order valence-corrected chi connectivity index (χ2v) is 10.9. The zero-order valence-electron chi connectivity index (χ0n) is 19.0. The van der Waals surface area contributed by atoms with E-state index in [1.54, 1.807) is 30.3 Å². The van der Waals surface area contributed by atoms with Crippen LogP contribution in [0, 0.1) is 5.92 Å². The summed E-state index contributed by atoms with van der Waals surface area (Å²) in [7, 11) is -2.19. The van der Waals surface area contributed by atoms with E-state index >= 15 is 0 Å². The van der Waals surface area contributed by atoms with Crippen molar-refractivity contribution in [1.29, 1.82) is 0 Å². The molecule has 0 spiro atoms. The molecule has 182 valence electrons. The van der Waals surface area contributed by atoms with Gasteiger partial charge in [0, 0.05) is 31.8 Å². The lowest BCUT2D eigenvalue weighted by Crippen LogP contribution is -2.50. The molecular formula is C24H28ClN3O5S. The Balaban J connectivity index is 1.62. The zero-order chi connectivity index (χ0) is 24.3. The predicted molar refractivity (Wildman–Crippen MR) is 130 cm³/mol. The van der Waals surface area contributed by atoms with Gasteiger partial charge in [-0.25, -0.2) is 18.2 Å². The van der Waals surface area contributed by atoms with Gasteiger partial charge >= 0.3 is 6.09 Å². The summed E-state index contributed by atoms with van der Waals surface area (Å²) in [4.78, 5) is 17.1. The number of hydrogen-bond acceptors (Lipinski definition) is 5. The number of halogens is 1. The first kappa shape index (κ1) is 24.5. The summed E-state index contributed by atoms with van der Waals surface area (Å²) in [5.74, 6) is 0.781. The van der Waals surface area contributed by atoms with Gasteiger partial charge in [-0.15, -0.1) is 0 Å². The van der Waals surface area contributed by atoms with Crippen LogP contribution in [0.3, 0.4) is 0 Å². The van der Waals surface area contributed by atoms with Crippen LogP contribution in [0.15, 0.2) is 47.4 Å². The number of pyridine rings is 1. The number of allylic oxidation sites excluding steroid dienone is 1. The third-order valence-corrected chi connectivity index (χ3v) is 8.60. The van der Waals surface area contributed by atoms with Crippen molar-refractivity contribution in [3.05, 3.63) is 58.8 Å². The molecule has 1 aromatic carbocycles. The fraction of sp³-hybridized carbons (Fsp3) is 0.417. The van der Waals surface area contributed by atoms with Crippen molar-refractivity contribution >= 4 is 33.3 Å². The van der Waals surface area contributed by atoms with Crippen LogP contribution in [0.4, 0.5) is 4.79 Å². The topological polar surface area (TPSA) is 100 Å². The van der Waals surface area contributed by atoms with Crippen molar-refractivity contribution in [3.8, 4) is 5.88 Å². The molecule has 1 amide bonds. The van der Waals surface area contributed by atoms with Crippen LogP contribution in [0.2, 0.25) is 5.02 Å². The fourth-order valence-corrected chi connectivity index (χ4v) is 6.09. The van der Waals surface area contributed by atoms with E-state index < -0.39 is 16.1 Å². The maximum atomic E-state index is 13.1. The second-order valence-electron chi connectivity index (χ2n) is 8.51. The van der Waals surface area contributed by atoms with Crippen LogP contribution in [0.1, 0.15) is 36.9 Å². The number of amides is 1. The Bertz CT molecular complexity index is 1170. The average Bonchev–Trinajstić information content (AvgIpc) is 3.36. The van der Waals surface area contributed by atoms with Crippen LogP contribution in [0.5, 0.6) is 5.88 Å². The highest BCUT2D eigenvalue weighted by Crippen LogP contribution is 2.34. The molecule has 2 aliphatic rings. The second kappa shape index (κ2) is 10.3. The Morgan fingerprint density at radius 1 is 1.09 bits per heavy atom. The van der Waals surface area contributed by atoms with Gasteiger partial charge < -0.3 is 14.7 Å². The number of aromatic nitrogens is 1. The number of hydrogen-bond donors (Lipinski definition) is 1. The molecule has 0 unspecified atom stereocenters. The molecule has 34 heavy (non-hydrogen) atoms. The highest BCUT2D eigenvalue weighted by atomic mass is 35.5. The van der Waals surface area contributed by atoms with E-state index in [2.05, 4.69) is 11.1 Å². The lowest BCUT2D eigenvalue weighted by atomic mass is 9.96. The van der Waals surface area contributed by atoms with Gasteiger partial charge in [0.2, 0.25) is 15.9 Å². The van der Waals surface area contributed by atoms with Crippen LogP contribution >= 0.6 is 11.6 Å². The first-order chi connectivity index (χ1) is 16.3. The van der Waals surface area contributed by atoms with Crippen LogP contribution < -0.4 is 4.74 Å². The summed E-state index contributed by atoms with van der Waals surface area (Å²) in [6, 6.07) is 10.4. The van der Waals surface area contributed by atoms with E-state index in [1.165, 1.54) is 29.2 Å². The summed E-state index contributed by atoms with van der Waals surface area (Å²) in [6.45, 7) is 0.589. The van der Waals surface area contributed by atoms with Gasteiger partial charge in [-0.1, -0.05) is 42.7 Å². The third-order valence-electron chi connectivity index (χ3n) is 6.40. The molecular weight excluding hydrogens is 478 g/mol. The van der Waals surface area contributed by atoms with Crippen molar-refractivity contribution in [3.63, 3.8) is 0 Å². The number of nitrogens with zero attached hydrogens (tertiary/aromatic N) is 3. The molecule has 0 atom stereocenters. The predicted octanol–water partition coefficient (Wildman–Crippen LogP) is 4.35. The molecule has 1 aliphatic carbocycles. The highest BCUT2D eigenvalue weighted by molar-refractivity contribution is 7.89.